The lowest BCUT2D eigenvalue weighted by atomic mass is 10.1. The van der Waals surface area contributed by atoms with E-state index in [1.807, 2.05) is 33.0 Å². The summed E-state index contributed by atoms with van der Waals surface area (Å²) in [5.41, 5.74) is 2.81. The Labute approximate surface area is 171 Å². The van der Waals surface area contributed by atoms with Gasteiger partial charge in [-0.2, -0.15) is 4.31 Å². The van der Waals surface area contributed by atoms with Crippen molar-refractivity contribution in [2.75, 3.05) is 38.5 Å². The highest BCUT2D eigenvalue weighted by Crippen LogP contribution is 2.26. The van der Waals surface area contributed by atoms with Crippen LogP contribution in [0.1, 0.15) is 21.5 Å². The Morgan fingerprint density at radius 3 is 2.43 bits per heavy atom. The molecule has 2 aromatic carbocycles. The van der Waals surface area contributed by atoms with Gasteiger partial charge in [-0.15, -0.1) is 0 Å². The fourth-order valence-corrected chi connectivity index (χ4v) is 4.74. The van der Waals surface area contributed by atoms with Crippen molar-refractivity contribution in [3.8, 4) is 0 Å². The van der Waals surface area contributed by atoms with Gasteiger partial charge in [-0.25, -0.2) is 8.42 Å². The normalized spacial score (nSPS) is 16.1. The number of likely N-dealkylation sites (N-methyl/N-ethyl adjacent to an activating group) is 1. The van der Waals surface area contributed by atoms with Crippen LogP contribution < -0.4 is 5.32 Å². The Bertz CT molecular complexity index is 1000. The van der Waals surface area contributed by atoms with Crippen molar-refractivity contribution in [2.45, 2.75) is 18.7 Å². The summed E-state index contributed by atoms with van der Waals surface area (Å²) in [7, 11) is -1.72. The summed E-state index contributed by atoms with van der Waals surface area (Å²) in [6, 6.07) is 9.89. The molecular formula is C20H24ClN3O3S. The van der Waals surface area contributed by atoms with Crippen LogP contribution in [0.2, 0.25) is 5.02 Å². The third-order valence-electron chi connectivity index (χ3n) is 5.14. The van der Waals surface area contributed by atoms with Gasteiger partial charge in [0.25, 0.3) is 5.91 Å². The Kier molecular flexibility index (Phi) is 6.09. The minimum Gasteiger partial charge on any atom is -0.322 e. The van der Waals surface area contributed by atoms with Gasteiger partial charge in [-0.3, -0.25) is 4.79 Å². The number of carbonyl (C=O) groups excluding carboxylic acids is 1. The number of sulfonamides is 1. The Morgan fingerprint density at radius 1 is 1.07 bits per heavy atom. The van der Waals surface area contributed by atoms with Gasteiger partial charge >= 0.3 is 0 Å². The number of nitrogens with zero attached hydrogens (tertiary/aromatic N) is 2. The summed E-state index contributed by atoms with van der Waals surface area (Å²) in [6.45, 7) is 6.07. The van der Waals surface area contributed by atoms with Crippen LogP contribution in [0.25, 0.3) is 0 Å². The zero-order valence-corrected chi connectivity index (χ0v) is 17.8. The van der Waals surface area contributed by atoms with Crippen LogP contribution in [-0.2, 0) is 10.0 Å². The summed E-state index contributed by atoms with van der Waals surface area (Å²) in [5.74, 6) is -0.436. The molecule has 3 rings (SSSR count). The van der Waals surface area contributed by atoms with Gasteiger partial charge < -0.3 is 10.2 Å². The van der Waals surface area contributed by atoms with E-state index in [2.05, 4.69) is 10.2 Å². The van der Waals surface area contributed by atoms with E-state index in [-0.39, 0.29) is 15.5 Å². The van der Waals surface area contributed by atoms with E-state index >= 15 is 0 Å². The molecule has 0 radical (unpaired) electrons. The van der Waals surface area contributed by atoms with E-state index in [0.717, 1.165) is 11.1 Å². The van der Waals surface area contributed by atoms with Crippen molar-refractivity contribution in [3.05, 3.63) is 58.1 Å². The Hall–Kier alpha value is -1.93. The number of benzene rings is 2. The van der Waals surface area contributed by atoms with Crippen molar-refractivity contribution >= 4 is 33.2 Å². The number of rotatable bonds is 4. The molecule has 0 atom stereocenters. The van der Waals surface area contributed by atoms with Crippen molar-refractivity contribution in [1.82, 2.24) is 9.21 Å². The molecule has 1 aliphatic rings. The summed E-state index contributed by atoms with van der Waals surface area (Å²) in [6.07, 6.45) is 0. The van der Waals surface area contributed by atoms with Crippen LogP contribution in [0, 0.1) is 13.8 Å². The first-order valence-corrected chi connectivity index (χ1v) is 10.9. The van der Waals surface area contributed by atoms with Gasteiger partial charge in [0, 0.05) is 31.9 Å². The molecule has 0 aromatic heterocycles. The molecule has 2 aromatic rings. The summed E-state index contributed by atoms with van der Waals surface area (Å²) < 4.78 is 27.4. The Balaban J connectivity index is 1.89. The number of aryl methyl sites for hydroxylation is 1. The smallest absolute Gasteiger partial charge is 0.257 e. The van der Waals surface area contributed by atoms with Crippen molar-refractivity contribution in [3.63, 3.8) is 0 Å². The van der Waals surface area contributed by atoms with Crippen LogP contribution in [0.5, 0.6) is 0 Å². The lowest BCUT2D eigenvalue weighted by molar-refractivity contribution is 0.102. The zero-order chi connectivity index (χ0) is 20.5. The molecular weight excluding hydrogens is 398 g/mol. The number of hydrogen-bond donors (Lipinski definition) is 1. The van der Waals surface area contributed by atoms with Crippen LogP contribution in [0.3, 0.4) is 0 Å². The number of anilines is 1. The van der Waals surface area contributed by atoms with Crippen LogP contribution in [0.4, 0.5) is 5.69 Å². The first-order valence-electron chi connectivity index (χ1n) is 9.06. The first-order chi connectivity index (χ1) is 13.2. The minimum atomic E-state index is -3.68. The van der Waals surface area contributed by atoms with E-state index < -0.39 is 15.9 Å². The standard InChI is InChI=1S/C20H24ClN3O3S/c1-14-5-4-6-19(15(14)2)22-20(25)17-13-16(7-8-18(17)21)28(26,27)24-11-9-23(3)10-12-24/h4-8,13H,9-12H2,1-3H3,(H,22,25). The van der Waals surface area contributed by atoms with Gasteiger partial charge in [0.2, 0.25) is 10.0 Å². The highest BCUT2D eigenvalue weighted by atomic mass is 35.5. The minimum absolute atomic E-state index is 0.0765. The van der Waals surface area contributed by atoms with Crippen molar-refractivity contribution in [1.29, 1.82) is 0 Å². The fourth-order valence-electron chi connectivity index (χ4n) is 3.09. The van der Waals surface area contributed by atoms with Gasteiger partial charge in [0.1, 0.15) is 0 Å². The summed E-state index contributed by atoms with van der Waals surface area (Å²) in [5, 5.41) is 3.04. The molecule has 0 saturated carbocycles. The maximum Gasteiger partial charge on any atom is 0.257 e. The SMILES string of the molecule is Cc1cccc(NC(=O)c2cc(S(=O)(=O)N3CCN(C)CC3)ccc2Cl)c1C. The van der Waals surface area contributed by atoms with Crippen LogP contribution in [0.15, 0.2) is 41.3 Å². The van der Waals surface area contributed by atoms with Crippen molar-refractivity contribution < 1.29 is 13.2 Å². The summed E-state index contributed by atoms with van der Waals surface area (Å²) in [4.78, 5) is 14.9. The molecule has 6 nitrogen and oxygen atoms in total. The molecule has 0 bridgehead atoms. The molecule has 0 unspecified atom stereocenters. The Morgan fingerprint density at radius 2 is 1.75 bits per heavy atom. The molecule has 1 amide bonds. The average molecular weight is 422 g/mol. The molecule has 0 aliphatic carbocycles. The molecule has 1 saturated heterocycles. The van der Waals surface area contributed by atoms with E-state index in [1.54, 1.807) is 6.07 Å². The second-order valence-corrected chi connectivity index (χ2v) is 9.40. The maximum atomic E-state index is 13.0. The molecule has 1 fully saturated rings. The molecule has 8 heteroatoms. The lowest BCUT2D eigenvalue weighted by Crippen LogP contribution is -2.47. The van der Waals surface area contributed by atoms with Crippen molar-refractivity contribution in [2.24, 2.45) is 0 Å². The molecule has 1 aliphatic heterocycles. The number of piperazine rings is 1. The predicted molar refractivity (Wildman–Crippen MR) is 112 cm³/mol. The number of halogens is 1. The van der Waals surface area contributed by atoms with Gasteiger partial charge in [-0.05, 0) is 56.3 Å². The predicted octanol–water partition coefficient (Wildman–Crippen LogP) is 3.15. The number of carbonyl (C=O) groups is 1. The van der Waals surface area contributed by atoms with E-state index in [1.165, 1.54) is 22.5 Å². The monoisotopic (exact) mass is 421 g/mol. The first kappa shape index (κ1) is 20.8. The third-order valence-corrected chi connectivity index (χ3v) is 7.36. The fraction of sp³-hybridized carbons (Fsp3) is 0.350. The van der Waals surface area contributed by atoms with Gasteiger partial charge in [0.05, 0.1) is 15.5 Å². The van der Waals surface area contributed by atoms with Crippen LogP contribution in [-0.4, -0.2) is 56.8 Å². The highest BCUT2D eigenvalue weighted by Gasteiger charge is 2.28. The molecule has 1 N–H and O–H groups in total. The quantitative estimate of drug-likeness (QED) is 0.823. The largest absolute Gasteiger partial charge is 0.322 e. The lowest BCUT2D eigenvalue weighted by Gasteiger charge is -2.31. The maximum absolute atomic E-state index is 13.0. The zero-order valence-electron chi connectivity index (χ0n) is 16.2. The molecule has 150 valence electrons. The van der Waals surface area contributed by atoms with Gasteiger partial charge in [0.15, 0.2) is 0 Å². The van der Waals surface area contributed by atoms with E-state index in [0.29, 0.717) is 31.9 Å². The van der Waals surface area contributed by atoms with Gasteiger partial charge in [-0.1, -0.05) is 23.7 Å². The van der Waals surface area contributed by atoms with E-state index in [4.69, 9.17) is 11.6 Å². The topological polar surface area (TPSA) is 69.7 Å². The van der Waals surface area contributed by atoms with Crippen LogP contribution >= 0.6 is 11.6 Å². The molecule has 0 spiro atoms. The summed E-state index contributed by atoms with van der Waals surface area (Å²) >= 11 is 6.21. The highest BCUT2D eigenvalue weighted by molar-refractivity contribution is 7.89. The second-order valence-electron chi connectivity index (χ2n) is 7.05. The average Bonchev–Trinajstić information content (AvgIpc) is 2.66. The molecule has 1 heterocycles. The third kappa shape index (κ3) is 4.22. The number of amides is 1. The number of hydrogen-bond acceptors (Lipinski definition) is 4. The van der Waals surface area contributed by atoms with E-state index in [9.17, 15) is 13.2 Å². The second kappa shape index (κ2) is 8.21. The number of nitrogens with one attached hydrogen (secondary N) is 1. The molecule has 28 heavy (non-hydrogen) atoms.